The lowest BCUT2D eigenvalue weighted by atomic mass is 10.1. The standard InChI is InChI=1S/C23H22N4OS/c1-13-5-8-17(11-14(13)2)27-22(16-6-9-18(29-4)10-7-16)26-19-12-15(3)25-21(24)20(19)23(27)28/h5-12H,1-4H3,(H2,24,25). The van der Waals surface area contributed by atoms with E-state index in [9.17, 15) is 4.79 Å². The van der Waals surface area contributed by atoms with Crippen molar-refractivity contribution in [3.8, 4) is 17.1 Å². The number of nitrogen functional groups attached to an aromatic ring is 1. The first-order chi connectivity index (χ1) is 13.9. The molecule has 2 aromatic heterocycles. The molecule has 0 unspecified atom stereocenters. The molecule has 4 rings (SSSR count). The normalized spacial score (nSPS) is 11.2. The molecule has 0 aliphatic heterocycles. The Morgan fingerprint density at radius 3 is 2.31 bits per heavy atom. The van der Waals surface area contributed by atoms with E-state index in [-0.39, 0.29) is 11.4 Å². The van der Waals surface area contributed by atoms with Crippen molar-refractivity contribution < 1.29 is 0 Å². The number of benzene rings is 2. The lowest BCUT2D eigenvalue weighted by Crippen LogP contribution is -2.23. The monoisotopic (exact) mass is 402 g/mol. The highest BCUT2D eigenvalue weighted by atomic mass is 32.2. The van der Waals surface area contributed by atoms with Crippen LogP contribution in [0, 0.1) is 20.8 Å². The van der Waals surface area contributed by atoms with Crippen molar-refractivity contribution in [2.75, 3.05) is 12.0 Å². The van der Waals surface area contributed by atoms with E-state index in [0.29, 0.717) is 16.7 Å². The zero-order valence-electron chi connectivity index (χ0n) is 16.9. The minimum Gasteiger partial charge on any atom is -0.383 e. The van der Waals surface area contributed by atoms with E-state index in [1.54, 1.807) is 22.4 Å². The summed E-state index contributed by atoms with van der Waals surface area (Å²) in [7, 11) is 0. The van der Waals surface area contributed by atoms with Gasteiger partial charge in [0.15, 0.2) is 0 Å². The Labute approximate surface area is 173 Å². The van der Waals surface area contributed by atoms with Gasteiger partial charge in [0.2, 0.25) is 0 Å². The summed E-state index contributed by atoms with van der Waals surface area (Å²) in [5, 5.41) is 0.346. The van der Waals surface area contributed by atoms with Crippen LogP contribution in [-0.2, 0) is 0 Å². The van der Waals surface area contributed by atoms with Crippen LogP contribution in [0.3, 0.4) is 0 Å². The van der Waals surface area contributed by atoms with Gasteiger partial charge >= 0.3 is 0 Å². The number of nitrogens with two attached hydrogens (primary N) is 1. The van der Waals surface area contributed by atoms with Crippen LogP contribution in [0.4, 0.5) is 5.82 Å². The molecule has 0 saturated carbocycles. The number of aromatic nitrogens is 3. The molecule has 0 radical (unpaired) electrons. The fraction of sp³-hybridized carbons (Fsp3) is 0.174. The molecule has 0 spiro atoms. The van der Waals surface area contributed by atoms with Crippen LogP contribution in [0.25, 0.3) is 28.0 Å². The number of anilines is 1. The van der Waals surface area contributed by atoms with Crippen molar-refractivity contribution in [2.24, 2.45) is 0 Å². The molecule has 146 valence electrons. The summed E-state index contributed by atoms with van der Waals surface area (Å²) >= 11 is 1.67. The lowest BCUT2D eigenvalue weighted by molar-refractivity contribution is 0.969. The highest BCUT2D eigenvalue weighted by Gasteiger charge is 2.17. The summed E-state index contributed by atoms with van der Waals surface area (Å²) in [6.45, 7) is 5.93. The van der Waals surface area contributed by atoms with Gasteiger partial charge < -0.3 is 5.73 Å². The maximum Gasteiger partial charge on any atom is 0.270 e. The first-order valence-corrected chi connectivity index (χ1v) is 10.5. The fourth-order valence-electron chi connectivity index (χ4n) is 3.40. The van der Waals surface area contributed by atoms with E-state index in [2.05, 4.69) is 4.98 Å². The van der Waals surface area contributed by atoms with Gasteiger partial charge in [-0.1, -0.05) is 18.2 Å². The number of nitrogens with zero attached hydrogens (tertiary/aromatic N) is 3. The molecule has 0 aliphatic rings. The first kappa shape index (κ1) is 19.2. The molecule has 2 heterocycles. The van der Waals surface area contributed by atoms with E-state index >= 15 is 0 Å². The Kier molecular flexibility index (Phi) is 4.88. The number of aryl methyl sites for hydroxylation is 3. The molecular formula is C23H22N4OS. The molecule has 0 fully saturated rings. The van der Waals surface area contributed by atoms with Crippen LogP contribution in [0.2, 0.25) is 0 Å². The van der Waals surface area contributed by atoms with E-state index < -0.39 is 0 Å². The van der Waals surface area contributed by atoms with Gasteiger partial charge in [0.1, 0.15) is 17.0 Å². The largest absolute Gasteiger partial charge is 0.383 e. The SMILES string of the molecule is CSc1ccc(-c2nc3cc(C)nc(N)c3c(=O)n2-c2ccc(C)c(C)c2)cc1. The topological polar surface area (TPSA) is 73.8 Å². The molecule has 0 aliphatic carbocycles. The van der Waals surface area contributed by atoms with Crippen LogP contribution < -0.4 is 11.3 Å². The Morgan fingerprint density at radius 2 is 1.66 bits per heavy atom. The van der Waals surface area contributed by atoms with E-state index in [1.165, 1.54) is 5.56 Å². The molecule has 5 nitrogen and oxygen atoms in total. The van der Waals surface area contributed by atoms with Crippen LogP contribution in [-0.4, -0.2) is 20.8 Å². The van der Waals surface area contributed by atoms with Gasteiger partial charge in [-0.15, -0.1) is 11.8 Å². The van der Waals surface area contributed by atoms with Crippen LogP contribution in [0.15, 0.2) is 58.2 Å². The Hall–Kier alpha value is -3.12. The van der Waals surface area contributed by atoms with Gasteiger partial charge in [-0.3, -0.25) is 9.36 Å². The molecule has 0 bridgehead atoms. The van der Waals surface area contributed by atoms with Crippen molar-refractivity contribution in [1.82, 2.24) is 14.5 Å². The van der Waals surface area contributed by atoms with E-state index in [0.717, 1.165) is 27.4 Å². The average molecular weight is 403 g/mol. The summed E-state index contributed by atoms with van der Waals surface area (Å²) in [4.78, 5) is 23.8. The van der Waals surface area contributed by atoms with Gasteiger partial charge in [-0.2, -0.15) is 0 Å². The zero-order valence-corrected chi connectivity index (χ0v) is 17.7. The van der Waals surface area contributed by atoms with Crippen molar-refractivity contribution >= 4 is 28.5 Å². The molecule has 6 heteroatoms. The quantitative estimate of drug-likeness (QED) is 0.504. The van der Waals surface area contributed by atoms with Gasteiger partial charge in [-0.05, 0) is 68.5 Å². The molecule has 2 N–H and O–H groups in total. The van der Waals surface area contributed by atoms with Crippen LogP contribution >= 0.6 is 11.8 Å². The molecular weight excluding hydrogens is 380 g/mol. The predicted octanol–water partition coefficient (Wildman–Crippen LogP) is 4.68. The van der Waals surface area contributed by atoms with Gasteiger partial charge in [-0.25, -0.2) is 9.97 Å². The van der Waals surface area contributed by atoms with E-state index in [1.807, 2.05) is 69.5 Å². The predicted molar refractivity (Wildman–Crippen MR) is 121 cm³/mol. The number of fused-ring (bicyclic) bond motifs is 1. The summed E-state index contributed by atoms with van der Waals surface area (Å²) in [5.74, 6) is 0.794. The van der Waals surface area contributed by atoms with Crippen molar-refractivity contribution in [2.45, 2.75) is 25.7 Å². The molecule has 4 aromatic rings. The second-order valence-electron chi connectivity index (χ2n) is 7.12. The highest BCUT2D eigenvalue weighted by Crippen LogP contribution is 2.26. The average Bonchev–Trinajstić information content (AvgIpc) is 2.69. The summed E-state index contributed by atoms with van der Waals surface area (Å²) in [6.07, 6.45) is 2.03. The number of rotatable bonds is 3. The number of thioether (sulfide) groups is 1. The second kappa shape index (κ2) is 7.37. The Balaban J connectivity index is 2.11. The minimum absolute atomic E-state index is 0.208. The number of hydrogen-bond donors (Lipinski definition) is 1. The maximum absolute atomic E-state index is 13.6. The van der Waals surface area contributed by atoms with Crippen molar-refractivity contribution in [3.05, 3.63) is 75.7 Å². The zero-order chi connectivity index (χ0) is 20.7. The van der Waals surface area contributed by atoms with Gasteiger partial charge in [0, 0.05) is 16.2 Å². The van der Waals surface area contributed by atoms with Gasteiger partial charge in [0.05, 0.1) is 11.2 Å². The van der Waals surface area contributed by atoms with E-state index in [4.69, 9.17) is 10.7 Å². The Morgan fingerprint density at radius 1 is 0.931 bits per heavy atom. The summed E-state index contributed by atoms with van der Waals surface area (Å²) in [6, 6.07) is 15.8. The minimum atomic E-state index is -0.216. The fourth-order valence-corrected chi connectivity index (χ4v) is 3.81. The molecule has 2 aromatic carbocycles. The second-order valence-corrected chi connectivity index (χ2v) is 8.00. The first-order valence-electron chi connectivity index (χ1n) is 9.31. The summed E-state index contributed by atoms with van der Waals surface area (Å²) < 4.78 is 1.64. The third kappa shape index (κ3) is 3.40. The van der Waals surface area contributed by atoms with Crippen molar-refractivity contribution in [3.63, 3.8) is 0 Å². The number of hydrogen-bond acceptors (Lipinski definition) is 5. The molecule has 0 saturated heterocycles. The third-order valence-corrected chi connectivity index (χ3v) is 5.85. The number of pyridine rings is 1. The molecule has 29 heavy (non-hydrogen) atoms. The van der Waals surface area contributed by atoms with Crippen LogP contribution in [0.5, 0.6) is 0 Å². The molecule has 0 amide bonds. The van der Waals surface area contributed by atoms with Gasteiger partial charge in [0.25, 0.3) is 5.56 Å². The van der Waals surface area contributed by atoms with Crippen molar-refractivity contribution in [1.29, 1.82) is 0 Å². The Bertz CT molecular complexity index is 1290. The lowest BCUT2D eigenvalue weighted by Gasteiger charge is -2.16. The highest BCUT2D eigenvalue weighted by molar-refractivity contribution is 7.98. The smallest absolute Gasteiger partial charge is 0.270 e. The maximum atomic E-state index is 13.6. The van der Waals surface area contributed by atoms with Crippen LogP contribution in [0.1, 0.15) is 16.8 Å². The third-order valence-electron chi connectivity index (χ3n) is 5.11. The summed E-state index contributed by atoms with van der Waals surface area (Å²) in [5.41, 5.74) is 11.1. The molecule has 0 atom stereocenters.